The number of rotatable bonds is 10. The summed E-state index contributed by atoms with van der Waals surface area (Å²) >= 11 is 6.77. The summed E-state index contributed by atoms with van der Waals surface area (Å²) in [5, 5.41) is 19.4. The van der Waals surface area contributed by atoms with Crippen LogP contribution in [0.3, 0.4) is 0 Å². The number of ether oxygens (including phenoxy) is 4. The first kappa shape index (κ1) is 30.3. The summed E-state index contributed by atoms with van der Waals surface area (Å²) in [7, 11) is 0. The maximum Gasteiger partial charge on any atom is 0.320 e. The standard InChI is InChI=1S/C36H33ClN2O6/c1-23-27(7-3-8-29(23)26-10-11-32-35(17-26)43-14-13-42-32)22-45-34-18-33(44-21-25-6-2-5-24(15-25)19-38)28(16-30(34)37)20-39-12-4-9-31(39)36(40)41/h2-3,5-8,10-11,15-18,31H,4,9,12-14,20-22H2,1H3,(H,40,41)/t31-/m1/s1. The van der Waals surface area contributed by atoms with Crippen molar-refractivity contribution in [1.82, 2.24) is 4.90 Å². The molecule has 1 atom stereocenters. The fourth-order valence-corrected chi connectivity index (χ4v) is 6.11. The molecular weight excluding hydrogens is 592 g/mol. The van der Waals surface area contributed by atoms with E-state index in [2.05, 4.69) is 19.1 Å². The first-order valence-corrected chi connectivity index (χ1v) is 15.3. The first-order chi connectivity index (χ1) is 21.9. The van der Waals surface area contributed by atoms with Crippen LogP contribution in [0.2, 0.25) is 5.02 Å². The average molecular weight is 625 g/mol. The lowest BCUT2D eigenvalue weighted by Crippen LogP contribution is -2.35. The summed E-state index contributed by atoms with van der Waals surface area (Å²) in [6.07, 6.45) is 1.42. The lowest BCUT2D eigenvalue weighted by molar-refractivity contribution is -0.142. The molecule has 2 aliphatic rings. The lowest BCUT2D eigenvalue weighted by atomic mass is 9.96. The molecule has 0 saturated carbocycles. The highest BCUT2D eigenvalue weighted by Gasteiger charge is 2.31. The van der Waals surface area contributed by atoms with E-state index in [1.807, 2.05) is 47.4 Å². The number of hydrogen-bond donors (Lipinski definition) is 1. The van der Waals surface area contributed by atoms with Gasteiger partial charge in [0.2, 0.25) is 0 Å². The van der Waals surface area contributed by atoms with Crippen molar-refractivity contribution in [2.24, 2.45) is 0 Å². The molecule has 0 amide bonds. The van der Waals surface area contributed by atoms with Gasteiger partial charge in [-0.3, -0.25) is 9.69 Å². The Labute approximate surface area is 267 Å². The second-order valence-electron chi connectivity index (χ2n) is 11.2. The second-order valence-corrected chi connectivity index (χ2v) is 11.6. The maximum atomic E-state index is 11.8. The number of benzene rings is 4. The van der Waals surface area contributed by atoms with Crippen molar-refractivity contribution in [3.05, 3.63) is 106 Å². The fraction of sp³-hybridized carbons (Fsp3) is 0.278. The number of nitriles is 1. The van der Waals surface area contributed by atoms with E-state index in [0.717, 1.165) is 51.3 Å². The van der Waals surface area contributed by atoms with Gasteiger partial charge in [-0.15, -0.1) is 0 Å². The molecule has 2 heterocycles. The zero-order chi connectivity index (χ0) is 31.3. The van der Waals surface area contributed by atoms with Crippen LogP contribution in [-0.4, -0.2) is 41.8 Å². The zero-order valence-electron chi connectivity index (χ0n) is 24.9. The van der Waals surface area contributed by atoms with Crippen molar-refractivity contribution in [3.63, 3.8) is 0 Å². The van der Waals surface area contributed by atoms with Crippen molar-refractivity contribution in [2.75, 3.05) is 19.8 Å². The van der Waals surface area contributed by atoms with Gasteiger partial charge in [0.15, 0.2) is 11.5 Å². The van der Waals surface area contributed by atoms with Gasteiger partial charge < -0.3 is 24.1 Å². The van der Waals surface area contributed by atoms with Crippen LogP contribution in [-0.2, 0) is 24.6 Å². The molecule has 0 radical (unpaired) electrons. The Bertz CT molecular complexity index is 1770. The van der Waals surface area contributed by atoms with E-state index in [0.29, 0.717) is 54.8 Å². The van der Waals surface area contributed by atoms with E-state index in [1.165, 1.54) is 0 Å². The molecule has 1 saturated heterocycles. The Balaban J connectivity index is 1.25. The van der Waals surface area contributed by atoms with Crippen LogP contribution in [0.15, 0.2) is 72.8 Å². The third-order valence-corrected chi connectivity index (χ3v) is 8.57. The summed E-state index contributed by atoms with van der Waals surface area (Å²) in [6.45, 7) is 4.69. The summed E-state index contributed by atoms with van der Waals surface area (Å²) in [5.41, 5.74) is 6.33. The average Bonchev–Trinajstić information content (AvgIpc) is 3.53. The molecule has 45 heavy (non-hydrogen) atoms. The Morgan fingerprint density at radius 3 is 2.60 bits per heavy atom. The molecule has 0 aromatic heterocycles. The highest BCUT2D eigenvalue weighted by atomic mass is 35.5. The number of halogens is 1. The van der Waals surface area contributed by atoms with E-state index in [9.17, 15) is 15.2 Å². The molecule has 0 unspecified atom stereocenters. The minimum atomic E-state index is -0.830. The number of hydrogen-bond acceptors (Lipinski definition) is 7. The monoisotopic (exact) mass is 624 g/mol. The minimum absolute atomic E-state index is 0.225. The molecule has 0 spiro atoms. The van der Waals surface area contributed by atoms with Gasteiger partial charge in [0.1, 0.15) is 44.0 Å². The van der Waals surface area contributed by atoms with Crippen LogP contribution in [0, 0.1) is 18.3 Å². The van der Waals surface area contributed by atoms with Crippen molar-refractivity contribution >= 4 is 17.6 Å². The Morgan fingerprint density at radius 2 is 1.78 bits per heavy atom. The van der Waals surface area contributed by atoms with Gasteiger partial charge in [-0.1, -0.05) is 48.0 Å². The van der Waals surface area contributed by atoms with E-state index in [-0.39, 0.29) is 13.2 Å². The summed E-state index contributed by atoms with van der Waals surface area (Å²) in [4.78, 5) is 13.8. The van der Waals surface area contributed by atoms with Crippen LogP contribution in [0.25, 0.3) is 11.1 Å². The normalized spacial score (nSPS) is 15.8. The quantitative estimate of drug-likeness (QED) is 0.198. The van der Waals surface area contributed by atoms with Crippen LogP contribution >= 0.6 is 11.6 Å². The third kappa shape index (κ3) is 6.85. The molecule has 6 rings (SSSR count). The minimum Gasteiger partial charge on any atom is -0.488 e. The summed E-state index contributed by atoms with van der Waals surface area (Å²) < 4.78 is 24.0. The Kier molecular flexibility index (Phi) is 9.11. The predicted octanol–water partition coefficient (Wildman–Crippen LogP) is 7.17. The van der Waals surface area contributed by atoms with Gasteiger partial charge in [0, 0.05) is 18.2 Å². The van der Waals surface area contributed by atoms with Crippen molar-refractivity contribution in [1.29, 1.82) is 5.26 Å². The molecule has 1 N–H and O–H groups in total. The molecule has 4 aromatic rings. The van der Waals surface area contributed by atoms with Gasteiger partial charge >= 0.3 is 5.97 Å². The van der Waals surface area contributed by atoms with Gasteiger partial charge in [-0.05, 0) is 84.5 Å². The summed E-state index contributed by atoms with van der Waals surface area (Å²) in [6, 6.07) is 24.5. The molecule has 9 heteroatoms. The molecule has 4 aromatic carbocycles. The van der Waals surface area contributed by atoms with E-state index >= 15 is 0 Å². The number of nitrogens with zero attached hydrogens (tertiary/aromatic N) is 2. The lowest BCUT2D eigenvalue weighted by Gasteiger charge is -2.23. The molecule has 8 nitrogen and oxygen atoms in total. The Morgan fingerprint density at radius 1 is 0.978 bits per heavy atom. The van der Waals surface area contributed by atoms with E-state index < -0.39 is 12.0 Å². The topological polar surface area (TPSA) is 101 Å². The van der Waals surface area contributed by atoms with Crippen molar-refractivity contribution < 1.29 is 28.8 Å². The van der Waals surface area contributed by atoms with E-state index in [4.69, 9.17) is 30.5 Å². The van der Waals surface area contributed by atoms with Gasteiger partial charge in [-0.2, -0.15) is 5.26 Å². The highest BCUT2D eigenvalue weighted by molar-refractivity contribution is 6.32. The highest BCUT2D eigenvalue weighted by Crippen LogP contribution is 2.38. The van der Waals surface area contributed by atoms with Gasteiger partial charge in [-0.25, -0.2) is 0 Å². The van der Waals surface area contributed by atoms with Gasteiger partial charge in [0.05, 0.1) is 16.7 Å². The van der Waals surface area contributed by atoms with Crippen LogP contribution in [0.5, 0.6) is 23.0 Å². The van der Waals surface area contributed by atoms with E-state index in [1.54, 1.807) is 24.3 Å². The molecule has 2 aliphatic heterocycles. The maximum absolute atomic E-state index is 11.8. The van der Waals surface area contributed by atoms with Crippen LogP contribution in [0.1, 0.15) is 40.7 Å². The summed E-state index contributed by atoms with van der Waals surface area (Å²) in [5.74, 6) is 1.67. The largest absolute Gasteiger partial charge is 0.488 e. The smallest absolute Gasteiger partial charge is 0.320 e. The van der Waals surface area contributed by atoms with Crippen LogP contribution in [0.4, 0.5) is 0 Å². The number of carboxylic acids is 1. The molecule has 0 aliphatic carbocycles. The second kappa shape index (κ2) is 13.5. The third-order valence-electron chi connectivity index (χ3n) is 8.27. The molecule has 0 bridgehead atoms. The SMILES string of the molecule is Cc1c(COc2cc(OCc3cccc(C#N)c3)c(CN3CCC[C@@H]3C(=O)O)cc2Cl)cccc1-c1ccc2c(c1)OCCO2. The van der Waals surface area contributed by atoms with Crippen molar-refractivity contribution in [3.8, 4) is 40.2 Å². The van der Waals surface area contributed by atoms with Crippen LogP contribution < -0.4 is 18.9 Å². The number of carboxylic acid groups (broad SMARTS) is 1. The number of aliphatic carboxylic acids is 1. The van der Waals surface area contributed by atoms with Crippen molar-refractivity contribution in [2.45, 2.75) is 45.6 Å². The molecule has 1 fully saturated rings. The fourth-order valence-electron chi connectivity index (χ4n) is 5.87. The number of fused-ring (bicyclic) bond motifs is 1. The molecule has 230 valence electrons. The molecular formula is C36H33ClN2O6. The van der Waals surface area contributed by atoms with Gasteiger partial charge in [0.25, 0.3) is 0 Å². The first-order valence-electron chi connectivity index (χ1n) is 14.9. The number of carbonyl (C=O) groups is 1. The zero-order valence-corrected chi connectivity index (χ0v) is 25.7. The predicted molar refractivity (Wildman–Crippen MR) is 170 cm³/mol. The Hall–Kier alpha value is -4.71. The number of likely N-dealkylation sites (tertiary alicyclic amines) is 1.